The molecule has 1 amide bonds. The van der Waals surface area contributed by atoms with Crippen molar-refractivity contribution >= 4 is 22.9 Å². The number of para-hydroxylation sites is 1. The minimum Gasteiger partial charge on any atom is -0.497 e. The van der Waals surface area contributed by atoms with Gasteiger partial charge in [-0.2, -0.15) is 0 Å². The van der Waals surface area contributed by atoms with Crippen molar-refractivity contribution in [1.29, 1.82) is 0 Å². The Kier molecular flexibility index (Phi) is 4.71. The SMILES string of the molecule is COc1ccc(Cc2nc(C(=O)N3CCCc4ccccc43)cs2)cc1. The van der Waals surface area contributed by atoms with E-state index < -0.39 is 0 Å². The first kappa shape index (κ1) is 16.8. The van der Waals surface area contributed by atoms with Crippen LogP contribution in [0.2, 0.25) is 0 Å². The number of methoxy groups -OCH3 is 1. The second kappa shape index (κ2) is 7.30. The van der Waals surface area contributed by atoms with Crippen molar-refractivity contribution in [2.24, 2.45) is 0 Å². The summed E-state index contributed by atoms with van der Waals surface area (Å²) in [6, 6.07) is 16.1. The monoisotopic (exact) mass is 364 g/mol. The molecule has 0 atom stereocenters. The molecule has 3 aromatic rings. The van der Waals surface area contributed by atoms with Crippen molar-refractivity contribution in [3.05, 3.63) is 75.7 Å². The molecule has 0 saturated heterocycles. The lowest BCUT2D eigenvalue weighted by molar-refractivity contribution is 0.0981. The number of thiazole rings is 1. The zero-order chi connectivity index (χ0) is 17.9. The Morgan fingerprint density at radius 3 is 2.81 bits per heavy atom. The van der Waals surface area contributed by atoms with Crippen molar-refractivity contribution in [3.63, 3.8) is 0 Å². The molecule has 0 fully saturated rings. The Bertz CT molecular complexity index is 918. The van der Waals surface area contributed by atoms with E-state index in [1.165, 1.54) is 16.9 Å². The number of fused-ring (bicyclic) bond motifs is 1. The van der Waals surface area contributed by atoms with E-state index in [1.54, 1.807) is 7.11 Å². The summed E-state index contributed by atoms with van der Waals surface area (Å²) in [5.74, 6) is 0.835. The number of amides is 1. The van der Waals surface area contributed by atoms with Gasteiger partial charge in [0.15, 0.2) is 0 Å². The van der Waals surface area contributed by atoms with Crippen LogP contribution in [0, 0.1) is 0 Å². The highest BCUT2D eigenvalue weighted by molar-refractivity contribution is 7.09. The average Bonchev–Trinajstić information content (AvgIpc) is 3.16. The molecule has 0 radical (unpaired) electrons. The van der Waals surface area contributed by atoms with Gasteiger partial charge >= 0.3 is 0 Å². The Balaban J connectivity index is 1.52. The largest absolute Gasteiger partial charge is 0.497 e. The number of ether oxygens (including phenoxy) is 1. The summed E-state index contributed by atoms with van der Waals surface area (Å²) >= 11 is 1.54. The van der Waals surface area contributed by atoms with Gasteiger partial charge in [-0.25, -0.2) is 4.98 Å². The predicted octanol–water partition coefficient (Wildman–Crippen LogP) is 4.34. The molecule has 5 heteroatoms. The molecule has 2 aromatic carbocycles. The van der Waals surface area contributed by atoms with Gasteiger partial charge in [-0.1, -0.05) is 30.3 Å². The van der Waals surface area contributed by atoms with Crippen LogP contribution in [0.25, 0.3) is 0 Å². The summed E-state index contributed by atoms with van der Waals surface area (Å²) in [6.07, 6.45) is 2.74. The molecule has 0 unspecified atom stereocenters. The van der Waals surface area contributed by atoms with Crippen LogP contribution in [0.3, 0.4) is 0 Å². The fraction of sp³-hybridized carbons (Fsp3) is 0.238. The van der Waals surface area contributed by atoms with E-state index >= 15 is 0 Å². The van der Waals surface area contributed by atoms with Gasteiger partial charge in [0.1, 0.15) is 11.4 Å². The van der Waals surface area contributed by atoms with Crippen LogP contribution in [0.15, 0.2) is 53.9 Å². The van der Waals surface area contributed by atoms with E-state index in [1.807, 2.05) is 52.7 Å². The van der Waals surface area contributed by atoms with E-state index in [9.17, 15) is 4.79 Å². The van der Waals surface area contributed by atoms with Gasteiger partial charge in [0, 0.05) is 24.0 Å². The molecule has 4 rings (SSSR count). The maximum Gasteiger partial charge on any atom is 0.277 e. The lowest BCUT2D eigenvalue weighted by atomic mass is 10.0. The van der Waals surface area contributed by atoms with E-state index in [-0.39, 0.29) is 5.91 Å². The smallest absolute Gasteiger partial charge is 0.277 e. The minimum absolute atomic E-state index is 0.00520. The maximum atomic E-state index is 13.0. The van der Waals surface area contributed by atoms with E-state index in [0.29, 0.717) is 5.69 Å². The number of aromatic nitrogens is 1. The molecule has 1 aliphatic heterocycles. The van der Waals surface area contributed by atoms with Gasteiger partial charge in [0.05, 0.1) is 12.1 Å². The van der Waals surface area contributed by atoms with Gasteiger partial charge in [-0.05, 0) is 42.2 Å². The molecule has 0 saturated carbocycles. The van der Waals surface area contributed by atoms with Crippen molar-refractivity contribution in [2.75, 3.05) is 18.6 Å². The third kappa shape index (κ3) is 3.35. The van der Waals surface area contributed by atoms with Crippen LogP contribution in [0.4, 0.5) is 5.69 Å². The fourth-order valence-corrected chi connectivity index (χ4v) is 4.09. The van der Waals surface area contributed by atoms with Gasteiger partial charge in [0.2, 0.25) is 0 Å². The third-order valence-corrected chi connectivity index (χ3v) is 5.49. The molecule has 4 nitrogen and oxygen atoms in total. The van der Waals surface area contributed by atoms with E-state index in [0.717, 1.165) is 47.8 Å². The fourth-order valence-electron chi connectivity index (χ4n) is 3.29. The van der Waals surface area contributed by atoms with Crippen LogP contribution < -0.4 is 9.64 Å². The summed E-state index contributed by atoms with van der Waals surface area (Å²) in [4.78, 5) is 19.4. The molecule has 2 heterocycles. The molecule has 1 aromatic heterocycles. The quantitative estimate of drug-likeness (QED) is 0.692. The highest BCUT2D eigenvalue weighted by Gasteiger charge is 2.24. The summed E-state index contributed by atoms with van der Waals surface area (Å²) < 4.78 is 5.19. The number of carbonyl (C=O) groups excluding carboxylic acids is 1. The Hall–Kier alpha value is -2.66. The molecule has 0 bridgehead atoms. The molecule has 132 valence electrons. The molecule has 0 N–H and O–H groups in total. The maximum absolute atomic E-state index is 13.0. The predicted molar refractivity (Wildman–Crippen MR) is 104 cm³/mol. The van der Waals surface area contributed by atoms with Gasteiger partial charge in [-0.3, -0.25) is 4.79 Å². The average molecular weight is 364 g/mol. The lowest BCUT2D eigenvalue weighted by Gasteiger charge is -2.28. The Morgan fingerprint density at radius 2 is 2.00 bits per heavy atom. The first-order chi connectivity index (χ1) is 12.7. The van der Waals surface area contributed by atoms with Crippen LogP contribution in [-0.4, -0.2) is 24.5 Å². The van der Waals surface area contributed by atoms with E-state index in [2.05, 4.69) is 11.1 Å². The van der Waals surface area contributed by atoms with Crippen molar-refractivity contribution in [1.82, 2.24) is 4.98 Å². The van der Waals surface area contributed by atoms with Gasteiger partial charge in [0.25, 0.3) is 5.91 Å². The summed E-state index contributed by atoms with van der Waals surface area (Å²) in [6.45, 7) is 0.751. The molecule has 1 aliphatic rings. The first-order valence-electron chi connectivity index (χ1n) is 8.72. The first-order valence-corrected chi connectivity index (χ1v) is 9.59. The van der Waals surface area contributed by atoms with E-state index in [4.69, 9.17) is 4.74 Å². The number of nitrogens with zero attached hydrogens (tertiary/aromatic N) is 2. The highest BCUT2D eigenvalue weighted by atomic mass is 32.1. The number of aryl methyl sites for hydroxylation is 1. The molecule has 0 spiro atoms. The van der Waals surface area contributed by atoms with Crippen LogP contribution in [0.1, 0.15) is 33.0 Å². The van der Waals surface area contributed by atoms with Crippen molar-refractivity contribution in [3.8, 4) is 5.75 Å². The van der Waals surface area contributed by atoms with Gasteiger partial charge in [-0.15, -0.1) is 11.3 Å². The summed E-state index contributed by atoms with van der Waals surface area (Å²) in [7, 11) is 1.66. The van der Waals surface area contributed by atoms with Crippen LogP contribution in [0.5, 0.6) is 5.75 Å². The topological polar surface area (TPSA) is 42.4 Å². The number of hydrogen-bond acceptors (Lipinski definition) is 4. The Morgan fingerprint density at radius 1 is 1.19 bits per heavy atom. The second-order valence-corrected chi connectivity index (χ2v) is 7.28. The zero-order valence-corrected chi connectivity index (χ0v) is 15.5. The van der Waals surface area contributed by atoms with Crippen molar-refractivity contribution < 1.29 is 9.53 Å². The molecule has 0 aliphatic carbocycles. The zero-order valence-electron chi connectivity index (χ0n) is 14.6. The standard InChI is InChI=1S/C21H20N2O2S/c1-25-17-10-8-15(9-11-17)13-20-22-18(14-26-20)21(24)23-12-4-6-16-5-2-3-7-19(16)23/h2-3,5,7-11,14H,4,6,12-13H2,1H3. The number of benzene rings is 2. The minimum atomic E-state index is -0.00520. The molecule has 26 heavy (non-hydrogen) atoms. The third-order valence-electron chi connectivity index (χ3n) is 4.64. The van der Waals surface area contributed by atoms with Crippen molar-refractivity contribution in [2.45, 2.75) is 19.3 Å². The summed E-state index contributed by atoms with van der Waals surface area (Å²) in [5, 5.41) is 2.82. The van der Waals surface area contributed by atoms with Crippen LogP contribution >= 0.6 is 11.3 Å². The molecular weight excluding hydrogens is 344 g/mol. The van der Waals surface area contributed by atoms with Gasteiger partial charge < -0.3 is 9.64 Å². The normalized spacial score (nSPS) is 13.3. The Labute approximate surface area is 157 Å². The van der Waals surface area contributed by atoms with Crippen LogP contribution in [-0.2, 0) is 12.8 Å². The second-order valence-electron chi connectivity index (χ2n) is 6.34. The number of hydrogen-bond donors (Lipinski definition) is 0. The number of carbonyl (C=O) groups is 1. The molecular formula is C21H20N2O2S. The lowest BCUT2D eigenvalue weighted by Crippen LogP contribution is -2.35. The highest BCUT2D eigenvalue weighted by Crippen LogP contribution is 2.28. The number of anilines is 1. The summed E-state index contributed by atoms with van der Waals surface area (Å²) in [5.41, 5.74) is 3.95. The number of rotatable bonds is 4.